The summed E-state index contributed by atoms with van der Waals surface area (Å²) in [6.07, 6.45) is 0.852. The van der Waals surface area contributed by atoms with Gasteiger partial charge in [-0.25, -0.2) is 0 Å². The van der Waals surface area contributed by atoms with E-state index in [0.29, 0.717) is 13.2 Å². The van der Waals surface area contributed by atoms with E-state index in [1.165, 1.54) is 5.56 Å². The second kappa shape index (κ2) is 7.32. The van der Waals surface area contributed by atoms with Gasteiger partial charge in [-0.1, -0.05) is 43.3 Å². The molecule has 0 aliphatic rings. The molecule has 1 unspecified atom stereocenters. The molecule has 0 aliphatic carbocycles. The molecule has 0 amide bonds. The summed E-state index contributed by atoms with van der Waals surface area (Å²) in [4.78, 5) is 0. The first-order valence-electron chi connectivity index (χ1n) is 7.62. The summed E-state index contributed by atoms with van der Waals surface area (Å²) in [5.74, 6) is 1.55. The Morgan fingerprint density at radius 3 is 2.41 bits per heavy atom. The van der Waals surface area contributed by atoms with Crippen LogP contribution in [0.4, 0.5) is 0 Å². The van der Waals surface area contributed by atoms with E-state index in [-0.39, 0.29) is 5.41 Å². The molecular weight excluding hydrogens is 274 g/mol. The summed E-state index contributed by atoms with van der Waals surface area (Å²) in [6.45, 7) is 5.40. The number of aryl methyl sites for hydroxylation is 1. The molecule has 2 N–H and O–H groups in total. The van der Waals surface area contributed by atoms with Crippen molar-refractivity contribution >= 4 is 0 Å². The van der Waals surface area contributed by atoms with Crippen molar-refractivity contribution in [1.82, 2.24) is 0 Å². The van der Waals surface area contributed by atoms with Crippen molar-refractivity contribution in [1.29, 1.82) is 0 Å². The highest BCUT2D eigenvalue weighted by Crippen LogP contribution is 2.30. The average Bonchev–Trinajstić information content (AvgIpc) is 2.56. The van der Waals surface area contributed by atoms with E-state index in [1.54, 1.807) is 7.11 Å². The number of methoxy groups -OCH3 is 1. The fourth-order valence-corrected chi connectivity index (χ4v) is 2.49. The zero-order valence-electron chi connectivity index (χ0n) is 13.6. The lowest BCUT2D eigenvalue weighted by atomic mass is 9.80. The van der Waals surface area contributed by atoms with Gasteiger partial charge in [-0.3, -0.25) is 0 Å². The molecule has 0 spiro atoms. The van der Waals surface area contributed by atoms with Crippen molar-refractivity contribution in [2.45, 2.75) is 25.7 Å². The van der Waals surface area contributed by atoms with Crippen LogP contribution >= 0.6 is 0 Å². The molecule has 0 saturated carbocycles. The molecule has 0 heterocycles. The van der Waals surface area contributed by atoms with E-state index in [2.05, 4.69) is 19.1 Å². The van der Waals surface area contributed by atoms with Gasteiger partial charge in [0, 0.05) is 12.0 Å². The largest absolute Gasteiger partial charge is 0.493 e. The highest BCUT2D eigenvalue weighted by atomic mass is 16.5. The molecule has 0 radical (unpaired) electrons. The zero-order chi connectivity index (χ0) is 16.0. The van der Waals surface area contributed by atoms with Crippen molar-refractivity contribution in [2.75, 3.05) is 20.3 Å². The smallest absolute Gasteiger partial charge is 0.161 e. The van der Waals surface area contributed by atoms with E-state index in [1.807, 2.05) is 43.3 Å². The molecule has 0 saturated heterocycles. The lowest BCUT2D eigenvalue weighted by molar-refractivity contribution is 0.254. The lowest BCUT2D eigenvalue weighted by Crippen LogP contribution is -2.33. The molecule has 3 nitrogen and oxygen atoms in total. The van der Waals surface area contributed by atoms with Crippen molar-refractivity contribution < 1.29 is 9.47 Å². The molecule has 0 fully saturated rings. The van der Waals surface area contributed by atoms with E-state index in [9.17, 15) is 0 Å². The van der Waals surface area contributed by atoms with Crippen LogP contribution in [0.1, 0.15) is 24.5 Å². The summed E-state index contributed by atoms with van der Waals surface area (Å²) in [5.41, 5.74) is 8.33. The van der Waals surface area contributed by atoms with Crippen LogP contribution in [0.2, 0.25) is 0 Å². The molecule has 0 aromatic heterocycles. The van der Waals surface area contributed by atoms with Crippen LogP contribution in [-0.4, -0.2) is 20.3 Å². The maximum absolute atomic E-state index is 6.01. The standard InChI is InChI=1S/C19H25NO2/c1-15-9-10-17(18(13-15)21-3)22-12-11-19(2,14-20)16-7-5-4-6-8-16/h4-10,13H,11-12,14,20H2,1-3H3. The van der Waals surface area contributed by atoms with E-state index in [0.717, 1.165) is 23.5 Å². The normalized spacial score (nSPS) is 13.5. The molecule has 3 heteroatoms. The van der Waals surface area contributed by atoms with Gasteiger partial charge in [0.1, 0.15) is 0 Å². The number of benzene rings is 2. The molecule has 1 atom stereocenters. The number of ether oxygens (including phenoxy) is 2. The van der Waals surface area contributed by atoms with Crippen molar-refractivity contribution in [3.63, 3.8) is 0 Å². The van der Waals surface area contributed by atoms with Crippen LogP contribution in [0.25, 0.3) is 0 Å². The Balaban J connectivity index is 2.03. The number of nitrogens with two attached hydrogens (primary N) is 1. The minimum atomic E-state index is -0.0841. The Morgan fingerprint density at radius 1 is 1.05 bits per heavy atom. The number of rotatable bonds is 7. The lowest BCUT2D eigenvalue weighted by Gasteiger charge is -2.28. The second-order valence-electron chi connectivity index (χ2n) is 5.88. The van der Waals surface area contributed by atoms with Crippen LogP contribution < -0.4 is 15.2 Å². The Hall–Kier alpha value is -2.00. The summed E-state index contributed by atoms with van der Waals surface area (Å²) in [6, 6.07) is 16.3. The number of hydrogen-bond acceptors (Lipinski definition) is 3. The minimum Gasteiger partial charge on any atom is -0.493 e. The average molecular weight is 299 g/mol. The highest BCUT2D eigenvalue weighted by Gasteiger charge is 2.24. The zero-order valence-corrected chi connectivity index (χ0v) is 13.6. The van der Waals surface area contributed by atoms with Crippen molar-refractivity contribution in [3.8, 4) is 11.5 Å². The molecule has 22 heavy (non-hydrogen) atoms. The van der Waals surface area contributed by atoms with Gasteiger partial charge >= 0.3 is 0 Å². The van der Waals surface area contributed by atoms with Crippen LogP contribution in [0.3, 0.4) is 0 Å². The van der Waals surface area contributed by atoms with Crippen molar-refractivity contribution in [2.24, 2.45) is 5.73 Å². The summed E-state index contributed by atoms with van der Waals surface area (Å²) in [5, 5.41) is 0. The summed E-state index contributed by atoms with van der Waals surface area (Å²) < 4.78 is 11.3. The Labute approximate surface area is 133 Å². The first-order chi connectivity index (χ1) is 10.6. The van der Waals surface area contributed by atoms with E-state index >= 15 is 0 Å². The summed E-state index contributed by atoms with van der Waals surface area (Å²) >= 11 is 0. The van der Waals surface area contributed by atoms with Gasteiger partial charge in [-0.15, -0.1) is 0 Å². The van der Waals surface area contributed by atoms with Crippen LogP contribution in [0, 0.1) is 6.92 Å². The fraction of sp³-hybridized carbons (Fsp3) is 0.368. The first-order valence-corrected chi connectivity index (χ1v) is 7.62. The van der Waals surface area contributed by atoms with Crippen LogP contribution in [-0.2, 0) is 5.41 Å². The van der Waals surface area contributed by atoms with Gasteiger partial charge in [0.15, 0.2) is 11.5 Å². The maximum atomic E-state index is 6.01. The van der Waals surface area contributed by atoms with Gasteiger partial charge in [0.25, 0.3) is 0 Å². The Morgan fingerprint density at radius 2 is 1.77 bits per heavy atom. The number of hydrogen-bond donors (Lipinski definition) is 1. The fourth-order valence-electron chi connectivity index (χ4n) is 2.49. The molecule has 118 valence electrons. The minimum absolute atomic E-state index is 0.0841. The van der Waals surface area contributed by atoms with Crippen LogP contribution in [0.5, 0.6) is 11.5 Å². The van der Waals surface area contributed by atoms with Gasteiger partial charge in [0.05, 0.1) is 13.7 Å². The topological polar surface area (TPSA) is 44.5 Å². The van der Waals surface area contributed by atoms with Gasteiger partial charge in [-0.05, 0) is 36.6 Å². The Kier molecular flexibility index (Phi) is 5.45. The third kappa shape index (κ3) is 3.80. The summed E-state index contributed by atoms with van der Waals surface area (Å²) in [7, 11) is 1.66. The highest BCUT2D eigenvalue weighted by molar-refractivity contribution is 5.42. The predicted octanol–water partition coefficient (Wildman–Crippen LogP) is 3.69. The van der Waals surface area contributed by atoms with Gasteiger partial charge < -0.3 is 15.2 Å². The maximum Gasteiger partial charge on any atom is 0.161 e. The predicted molar refractivity (Wildman–Crippen MR) is 90.7 cm³/mol. The van der Waals surface area contributed by atoms with E-state index in [4.69, 9.17) is 15.2 Å². The molecule has 2 aromatic carbocycles. The van der Waals surface area contributed by atoms with Crippen LogP contribution in [0.15, 0.2) is 48.5 Å². The van der Waals surface area contributed by atoms with Gasteiger partial charge in [0.2, 0.25) is 0 Å². The first kappa shape index (κ1) is 16.4. The Bertz CT molecular complexity index is 598. The second-order valence-corrected chi connectivity index (χ2v) is 5.88. The van der Waals surface area contributed by atoms with Crippen molar-refractivity contribution in [3.05, 3.63) is 59.7 Å². The molecule has 2 aromatic rings. The molecule has 0 aliphatic heterocycles. The van der Waals surface area contributed by atoms with Gasteiger partial charge in [-0.2, -0.15) is 0 Å². The molecule has 0 bridgehead atoms. The molecular formula is C19H25NO2. The molecule has 2 rings (SSSR count). The van der Waals surface area contributed by atoms with E-state index < -0.39 is 0 Å². The monoisotopic (exact) mass is 299 g/mol. The quantitative estimate of drug-likeness (QED) is 0.848. The third-order valence-corrected chi connectivity index (χ3v) is 4.15. The SMILES string of the molecule is COc1cc(C)ccc1OCCC(C)(CN)c1ccccc1. The third-order valence-electron chi connectivity index (χ3n) is 4.15.